The van der Waals surface area contributed by atoms with Crippen molar-refractivity contribution in [1.29, 1.82) is 0 Å². The van der Waals surface area contributed by atoms with Crippen molar-refractivity contribution < 1.29 is 14.7 Å². The normalized spacial score (nSPS) is 12.5. The Morgan fingerprint density at radius 2 is 2.06 bits per heavy atom. The van der Waals surface area contributed by atoms with Gasteiger partial charge in [-0.1, -0.05) is 0 Å². The highest BCUT2D eigenvalue weighted by atomic mass is 16.4. The average molecular weight is 231 g/mol. The topological polar surface area (TPSA) is 95.7 Å². The van der Waals surface area contributed by atoms with E-state index in [1.807, 2.05) is 19.0 Å². The lowest BCUT2D eigenvalue weighted by atomic mass is 10.2. The standard InChI is InChI=1S/C10H21N3O3/c1-13(2)7-5-9(14)12-6-3-4-8(11)10(15)16/h8H,3-7,11H2,1-2H3,(H,12,14)(H,15,16). The predicted molar refractivity (Wildman–Crippen MR) is 61.0 cm³/mol. The van der Waals surface area contributed by atoms with Gasteiger partial charge in [0, 0.05) is 19.5 Å². The molecule has 1 atom stereocenters. The molecule has 0 bridgehead atoms. The molecule has 4 N–H and O–H groups in total. The Balaban J connectivity index is 3.44. The highest BCUT2D eigenvalue weighted by Crippen LogP contribution is 1.93. The molecular formula is C10H21N3O3. The molecule has 0 spiro atoms. The molecule has 94 valence electrons. The number of aliphatic carboxylic acids is 1. The molecule has 6 nitrogen and oxygen atoms in total. The van der Waals surface area contributed by atoms with Gasteiger partial charge in [-0.2, -0.15) is 0 Å². The van der Waals surface area contributed by atoms with Gasteiger partial charge in [-0.15, -0.1) is 0 Å². The maximum atomic E-state index is 11.2. The summed E-state index contributed by atoms with van der Waals surface area (Å²) >= 11 is 0. The Labute approximate surface area is 95.8 Å². The van der Waals surface area contributed by atoms with Crippen molar-refractivity contribution in [3.8, 4) is 0 Å². The van der Waals surface area contributed by atoms with Crippen molar-refractivity contribution in [3.63, 3.8) is 0 Å². The summed E-state index contributed by atoms with van der Waals surface area (Å²) in [4.78, 5) is 23.6. The van der Waals surface area contributed by atoms with Gasteiger partial charge in [0.15, 0.2) is 0 Å². The minimum atomic E-state index is -1.00. The SMILES string of the molecule is CN(C)CCC(=O)NCCCC(N)C(=O)O. The first-order chi connectivity index (χ1) is 7.43. The van der Waals surface area contributed by atoms with Gasteiger partial charge in [0.25, 0.3) is 0 Å². The molecule has 0 aliphatic carbocycles. The van der Waals surface area contributed by atoms with Crippen LogP contribution in [0.2, 0.25) is 0 Å². The van der Waals surface area contributed by atoms with Gasteiger partial charge < -0.3 is 21.1 Å². The van der Waals surface area contributed by atoms with Crippen molar-refractivity contribution >= 4 is 11.9 Å². The van der Waals surface area contributed by atoms with Crippen LogP contribution < -0.4 is 11.1 Å². The fraction of sp³-hybridized carbons (Fsp3) is 0.800. The highest BCUT2D eigenvalue weighted by molar-refractivity contribution is 5.76. The van der Waals surface area contributed by atoms with E-state index in [4.69, 9.17) is 10.8 Å². The fourth-order valence-corrected chi connectivity index (χ4v) is 1.09. The van der Waals surface area contributed by atoms with Crippen molar-refractivity contribution in [2.75, 3.05) is 27.2 Å². The van der Waals surface area contributed by atoms with Crippen LogP contribution in [-0.4, -0.2) is 55.1 Å². The molecule has 0 saturated carbocycles. The molecule has 0 rings (SSSR count). The number of hydrogen-bond acceptors (Lipinski definition) is 4. The smallest absolute Gasteiger partial charge is 0.320 e. The van der Waals surface area contributed by atoms with Crippen LogP contribution in [0.3, 0.4) is 0 Å². The average Bonchev–Trinajstić information content (AvgIpc) is 2.20. The maximum absolute atomic E-state index is 11.2. The van der Waals surface area contributed by atoms with Crippen LogP contribution in [0.1, 0.15) is 19.3 Å². The second-order valence-electron chi connectivity index (χ2n) is 3.99. The number of nitrogens with zero attached hydrogens (tertiary/aromatic N) is 1. The first-order valence-corrected chi connectivity index (χ1v) is 5.33. The largest absolute Gasteiger partial charge is 0.480 e. The third-order valence-corrected chi connectivity index (χ3v) is 2.12. The van der Waals surface area contributed by atoms with Crippen LogP contribution in [0.15, 0.2) is 0 Å². The fourth-order valence-electron chi connectivity index (χ4n) is 1.09. The van der Waals surface area contributed by atoms with Gasteiger partial charge in [-0.05, 0) is 26.9 Å². The first kappa shape index (κ1) is 14.9. The first-order valence-electron chi connectivity index (χ1n) is 5.33. The molecule has 1 unspecified atom stereocenters. The van der Waals surface area contributed by atoms with Crippen LogP contribution in [-0.2, 0) is 9.59 Å². The molecule has 0 aliphatic rings. The molecule has 0 aromatic rings. The second-order valence-corrected chi connectivity index (χ2v) is 3.99. The van der Waals surface area contributed by atoms with E-state index in [0.717, 1.165) is 0 Å². The third kappa shape index (κ3) is 8.19. The molecule has 6 heteroatoms. The number of nitrogens with one attached hydrogen (secondary N) is 1. The van der Waals surface area contributed by atoms with Crippen molar-refractivity contribution in [2.24, 2.45) is 5.73 Å². The summed E-state index contributed by atoms with van der Waals surface area (Å²) in [5.41, 5.74) is 5.31. The Bertz CT molecular complexity index is 231. The number of nitrogens with two attached hydrogens (primary N) is 1. The van der Waals surface area contributed by atoms with Crippen molar-refractivity contribution in [3.05, 3.63) is 0 Å². The molecule has 1 amide bonds. The Morgan fingerprint density at radius 3 is 2.56 bits per heavy atom. The van der Waals surface area contributed by atoms with Crippen LogP contribution >= 0.6 is 0 Å². The van der Waals surface area contributed by atoms with Gasteiger partial charge in [0.2, 0.25) is 5.91 Å². The van der Waals surface area contributed by atoms with Crippen molar-refractivity contribution in [2.45, 2.75) is 25.3 Å². The number of carboxylic acids is 1. The molecule has 0 aromatic heterocycles. The van der Waals surface area contributed by atoms with Gasteiger partial charge in [-0.25, -0.2) is 0 Å². The van der Waals surface area contributed by atoms with E-state index in [0.29, 0.717) is 32.4 Å². The Hall–Kier alpha value is -1.14. The van der Waals surface area contributed by atoms with E-state index in [2.05, 4.69) is 5.32 Å². The van der Waals surface area contributed by atoms with E-state index in [9.17, 15) is 9.59 Å². The van der Waals surface area contributed by atoms with E-state index in [1.165, 1.54) is 0 Å². The summed E-state index contributed by atoms with van der Waals surface area (Å²) in [6.45, 7) is 1.19. The van der Waals surface area contributed by atoms with Gasteiger partial charge >= 0.3 is 5.97 Å². The molecule has 0 aromatic carbocycles. The minimum absolute atomic E-state index is 0.0161. The number of carbonyl (C=O) groups is 2. The second kappa shape index (κ2) is 8.06. The summed E-state index contributed by atoms with van der Waals surface area (Å²) < 4.78 is 0. The predicted octanol–water partition coefficient (Wildman–Crippen LogP) is -0.754. The maximum Gasteiger partial charge on any atom is 0.320 e. The van der Waals surface area contributed by atoms with Crippen LogP contribution in [0.4, 0.5) is 0 Å². The molecule has 0 heterocycles. The third-order valence-electron chi connectivity index (χ3n) is 2.12. The molecule has 0 saturated heterocycles. The van der Waals surface area contributed by atoms with Gasteiger partial charge in [-0.3, -0.25) is 9.59 Å². The highest BCUT2D eigenvalue weighted by Gasteiger charge is 2.10. The van der Waals surface area contributed by atoms with Crippen LogP contribution in [0, 0.1) is 0 Å². The summed E-state index contributed by atoms with van der Waals surface area (Å²) in [5, 5.41) is 11.2. The quantitative estimate of drug-likeness (QED) is 0.478. The summed E-state index contributed by atoms with van der Waals surface area (Å²) in [6.07, 6.45) is 1.42. The van der Waals surface area contributed by atoms with E-state index < -0.39 is 12.0 Å². The lowest BCUT2D eigenvalue weighted by Gasteiger charge is -2.10. The van der Waals surface area contributed by atoms with E-state index in [1.54, 1.807) is 0 Å². The lowest BCUT2D eigenvalue weighted by molar-refractivity contribution is -0.138. The number of carbonyl (C=O) groups excluding carboxylic acids is 1. The summed E-state index contributed by atoms with van der Waals surface area (Å²) in [6, 6.07) is -0.835. The Morgan fingerprint density at radius 1 is 1.44 bits per heavy atom. The number of hydrogen-bond donors (Lipinski definition) is 3. The number of rotatable bonds is 8. The van der Waals surface area contributed by atoms with E-state index in [-0.39, 0.29) is 5.91 Å². The zero-order chi connectivity index (χ0) is 12.6. The molecule has 16 heavy (non-hydrogen) atoms. The van der Waals surface area contributed by atoms with Gasteiger partial charge in [0.1, 0.15) is 6.04 Å². The zero-order valence-electron chi connectivity index (χ0n) is 9.90. The van der Waals surface area contributed by atoms with Crippen LogP contribution in [0.25, 0.3) is 0 Å². The monoisotopic (exact) mass is 231 g/mol. The molecular weight excluding hydrogens is 210 g/mol. The van der Waals surface area contributed by atoms with Crippen molar-refractivity contribution in [1.82, 2.24) is 10.2 Å². The molecule has 0 aliphatic heterocycles. The zero-order valence-corrected chi connectivity index (χ0v) is 9.90. The summed E-state index contributed by atoms with van der Waals surface area (Å²) in [5.74, 6) is -1.02. The lowest BCUT2D eigenvalue weighted by Crippen LogP contribution is -2.32. The summed E-state index contributed by atoms with van der Waals surface area (Å²) in [7, 11) is 3.80. The van der Waals surface area contributed by atoms with Crippen LogP contribution in [0.5, 0.6) is 0 Å². The van der Waals surface area contributed by atoms with Gasteiger partial charge in [0.05, 0.1) is 0 Å². The number of amides is 1. The molecule has 0 fully saturated rings. The Kier molecular flexibility index (Phi) is 7.49. The molecule has 0 radical (unpaired) electrons. The van der Waals surface area contributed by atoms with E-state index >= 15 is 0 Å². The number of carboxylic acid groups (broad SMARTS) is 1. The minimum Gasteiger partial charge on any atom is -0.480 e.